The number of likely N-dealkylation sites (N-methyl/N-ethyl adjacent to an activating group) is 1. The van der Waals surface area contributed by atoms with E-state index in [9.17, 15) is 4.39 Å². The Morgan fingerprint density at radius 3 is 3.05 bits per heavy atom. The molecule has 7 heteroatoms. The molecular formula is C14H16BrFN4O. The van der Waals surface area contributed by atoms with E-state index in [0.717, 1.165) is 17.7 Å². The Labute approximate surface area is 130 Å². The van der Waals surface area contributed by atoms with Gasteiger partial charge in [0.15, 0.2) is 0 Å². The highest BCUT2D eigenvalue weighted by molar-refractivity contribution is 9.10. The summed E-state index contributed by atoms with van der Waals surface area (Å²) in [6.45, 7) is 2.41. The van der Waals surface area contributed by atoms with E-state index in [0.29, 0.717) is 28.2 Å². The predicted molar refractivity (Wildman–Crippen MR) is 82.6 cm³/mol. The van der Waals surface area contributed by atoms with Crippen molar-refractivity contribution in [1.29, 1.82) is 0 Å². The van der Waals surface area contributed by atoms with Crippen LogP contribution in [-0.4, -0.2) is 19.5 Å². The molecule has 2 heterocycles. The zero-order valence-electron chi connectivity index (χ0n) is 11.8. The van der Waals surface area contributed by atoms with Gasteiger partial charge in [0.1, 0.15) is 17.4 Å². The highest BCUT2D eigenvalue weighted by Crippen LogP contribution is 2.40. The van der Waals surface area contributed by atoms with Crippen molar-refractivity contribution in [3.8, 4) is 5.75 Å². The second-order valence-corrected chi connectivity index (χ2v) is 5.90. The van der Waals surface area contributed by atoms with Crippen LogP contribution in [0.4, 0.5) is 4.39 Å². The molecule has 5 nitrogen and oxygen atoms in total. The largest absolute Gasteiger partial charge is 0.492 e. The number of hydrogen-bond donors (Lipinski definition) is 3. The molecule has 4 N–H and O–H groups in total. The molecule has 0 aromatic heterocycles. The average molecular weight is 355 g/mol. The summed E-state index contributed by atoms with van der Waals surface area (Å²) in [4.78, 5) is 4.37. The minimum atomic E-state index is -1.35. The lowest BCUT2D eigenvalue weighted by Gasteiger charge is -2.32. The summed E-state index contributed by atoms with van der Waals surface area (Å²) in [5.41, 5.74) is 8.35. The first-order chi connectivity index (χ1) is 9.94. The summed E-state index contributed by atoms with van der Waals surface area (Å²) in [6, 6.07) is 1.73. The van der Waals surface area contributed by atoms with Crippen LogP contribution in [0.25, 0.3) is 0 Å². The second kappa shape index (κ2) is 4.99. The molecule has 0 amide bonds. The highest BCUT2D eigenvalue weighted by Gasteiger charge is 2.36. The number of hydrogen-bond acceptors (Lipinski definition) is 5. The molecule has 1 aromatic carbocycles. The molecule has 112 valence electrons. The minimum absolute atomic E-state index is 0.291. The minimum Gasteiger partial charge on any atom is -0.492 e. The van der Waals surface area contributed by atoms with Crippen LogP contribution in [0.1, 0.15) is 18.1 Å². The Morgan fingerprint density at radius 1 is 1.57 bits per heavy atom. The van der Waals surface area contributed by atoms with Crippen LogP contribution < -0.4 is 21.1 Å². The molecule has 3 rings (SSSR count). The van der Waals surface area contributed by atoms with Gasteiger partial charge < -0.3 is 15.4 Å². The number of benzene rings is 1. The van der Waals surface area contributed by atoms with Crippen molar-refractivity contribution in [1.82, 2.24) is 10.6 Å². The van der Waals surface area contributed by atoms with Gasteiger partial charge in [-0.25, -0.2) is 9.38 Å². The number of rotatable bonds is 1. The summed E-state index contributed by atoms with van der Waals surface area (Å²) >= 11 is 3.26. The van der Waals surface area contributed by atoms with Gasteiger partial charge in [-0.3, -0.25) is 5.73 Å². The fourth-order valence-corrected chi connectivity index (χ4v) is 3.17. The lowest BCUT2D eigenvalue weighted by atomic mass is 10.0. The quantitative estimate of drug-likeness (QED) is 0.717. The number of amidine groups is 1. The van der Waals surface area contributed by atoms with Gasteiger partial charge in [-0.2, -0.15) is 0 Å². The van der Waals surface area contributed by atoms with Gasteiger partial charge in [0.25, 0.3) is 0 Å². The van der Waals surface area contributed by atoms with Crippen LogP contribution in [0.5, 0.6) is 5.75 Å². The molecule has 1 aromatic rings. The van der Waals surface area contributed by atoms with Crippen LogP contribution in [0.3, 0.4) is 0 Å². The molecule has 1 atom stereocenters. The van der Waals surface area contributed by atoms with E-state index >= 15 is 0 Å². The van der Waals surface area contributed by atoms with E-state index in [1.54, 1.807) is 13.1 Å². The van der Waals surface area contributed by atoms with Gasteiger partial charge in [0.05, 0.1) is 16.6 Å². The first kappa shape index (κ1) is 14.3. The number of nitrogens with zero attached hydrogens (tertiary/aromatic N) is 1. The molecule has 0 aliphatic carbocycles. The maximum absolute atomic E-state index is 14.7. The number of ether oxygens (including phenoxy) is 1. The number of aliphatic imine (C=N–C) groups is 1. The van der Waals surface area contributed by atoms with Gasteiger partial charge in [0, 0.05) is 19.2 Å². The molecule has 0 radical (unpaired) electrons. The average Bonchev–Trinajstić information content (AvgIpc) is 2.90. The fraction of sp³-hybridized carbons (Fsp3) is 0.357. The Hall–Kier alpha value is -1.60. The Bertz CT molecular complexity index is 673. The first-order valence-corrected chi connectivity index (χ1v) is 7.41. The molecule has 0 saturated heterocycles. The zero-order chi connectivity index (χ0) is 15.2. The monoisotopic (exact) mass is 354 g/mol. The number of nitrogens with two attached hydrogens (primary N) is 1. The maximum Gasteiger partial charge on any atom is 0.214 e. The van der Waals surface area contributed by atoms with Crippen LogP contribution in [0.15, 0.2) is 27.3 Å². The summed E-state index contributed by atoms with van der Waals surface area (Å²) in [6.07, 6.45) is 2.54. The third-order valence-corrected chi connectivity index (χ3v) is 4.27. The predicted octanol–water partition coefficient (Wildman–Crippen LogP) is 1.72. The molecule has 21 heavy (non-hydrogen) atoms. The van der Waals surface area contributed by atoms with Gasteiger partial charge in [-0.15, -0.1) is 0 Å². The van der Waals surface area contributed by atoms with E-state index in [2.05, 4.69) is 31.6 Å². The Balaban J connectivity index is 2.15. The first-order valence-electron chi connectivity index (χ1n) is 6.61. The molecule has 0 bridgehead atoms. The van der Waals surface area contributed by atoms with Crippen LogP contribution in [0, 0.1) is 5.82 Å². The summed E-state index contributed by atoms with van der Waals surface area (Å²) in [5.74, 6) is -0.650. The van der Waals surface area contributed by atoms with Crippen molar-refractivity contribution in [3.63, 3.8) is 0 Å². The highest BCUT2D eigenvalue weighted by atomic mass is 79.9. The standard InChI is InChI=1S/C14H16BrFN4O/c1-7-5-10(18-2)20-14(17,19-7)9-6-8-3-4-21-13(8)11(15)12(9)16/h5-6,19H,3-4,17H2,1-2H3,(H,18,20). The smallest absolute Gasteiger partial charge is 0.214 e. The summed E-state index contributed by atoms with van der Waals surface area (Å²) < 4.78 is 20.4. The number of fused-ring (bicyclic) bond motifs is 1. The van der Waals surface area contributed by atoms with Crippen molar-refractivity contribution >= 4 is 21.8 Å². The molecule has 0 fully saturated rings. The van der Waals surface area contributed by atoms with E-state index in [-0.39, 0.29) is 0 Å². The van der Waals surface area contributed by atoms with Crippen molar-refractivity contribution in [2.75, 3.05) is 13.7 Å². The summed E-state index contributed by atoms with van der Waals surface area (Å²) in [7, 11) is 1.75. The molecule has 1 unspecified atom stereocenters. The molecule has 2 aliphatic heterocycles. The van der Waals surface area contributed by atoms with Gasteiger partial charge in [-0.05, 0) is 40.6 Å². The Kier molecular flexibility index (Phi) is 3.41. The van der Waals surface area contributed by atoms with Gasteiger partial charge in [-0.1, -0.05) is 0 Å². The lowest BCUT2D eigenvalue weighted by molar-refractivity contribution is 0.349. The third kappa shape index (κ3) is 2.30. The van der Waals surface area contributed by atoms with E-state index in [1.165, 1.54) is 0 Å². The van der Waals surface area contributed by atoms with Crippen molar-refractivity contribution < 1.29 is 9.13 Å². The lowest BCUT2D eigenvalue weighted by Crippen LogP contribution is -2.52. The fourth-order valence-electron chi connectivity index (χ4n) is 2.59. The van der Waals surface area contributed by atoms with Gasteiger partial charge in [0.2, 0.25) is 5.79 Å². The van der Waals surface area contributed by atoms with Crippen LogP contribution in [-0.2, 0) is 12.2 Å². The van der Waals surface area contributed by atoms with E-state index in [4.69, 9.17) is 10.5 Å². The normalized spacial score (nSPS) is 23.7. The third-order valence-electron chi connectivity index (χ3n) is 3.56. The number of allylic oxidation sites excluding steroid dienone is 1. The Morgan fingerprint density at radius 2 is 2.33 bits per heavy atom. The van der Waals surface area contributed by atoms with Crippen LogP contribution in [0.2, 0.25) is 0 Å². The second-order valence-electron chi connectivity index (χ2n) is 5.10. The molecular weight excluding hydrogens is 339 g/mol. The van der Waals surface area contributed by atoms with Crippen molar-refractivity contribution in [2.45, 2.75) is 19.1 Å². The van der Waals surface area contributed by atoms with Crippen molar-refractivity contribution in [2.24, 2.45) is 10.7 Å². The van der Waals surface area contributed by atoms with Gasteiger partial charge >= 0.3 is 0 Å². The molecule has 2 aliphatic rings. The number of nitrogens with one attached hydrogen (secondary N) is 2. The molecule has 0 spiro atoms. The zero-order valence-corrected chi connectivity index (χ0v) is 13.3. The van der Waals surface area contributed by atoms with Crippen molar-refractivity contribution in [3.05, 3.63) is 39.3 Å². The topological polar surface area (TPSA) is 71.7 Å². The van der Waals surface area contributed by atoms with Crippen LogP contribution >= 0.6 is 15.9 Å². The van der Waals surface area contributed by atoms with E-state index in [1.807, 2.05) is 13.0 Å². The van der Waals surface area contributed by atoms with E-state index < -0.39 is 11.6 Å². The maximum atomic E-state index is 14.7. The molecule has 0 saturated carbocycles. The SMILES string of the molecule is CNC1=NC(N)(c2cc3c(c(Br)c2F)OCC3)NC(C)=C1. The number of halogens is 2. The summed E-state index contributed by atoms with van der Waals surface area (Å²) in [5, 5.41) is 5.98.